The van der Waals surface area contributed by atoms with Crippen molar-refractivity contribution in [3.05, 3.63) is 29.3 Å². The van der Waals surface area contributed by atoms with E-state index in [4.69, 9.17) is 9.47 Å². The van der Waals surface area contributed by atoms with Gasteiger partial charge in [0.05, 0.1) is 25.5 Å². The van der Waals surface area contributed by atoms with Gasteiger partial charge in [-0.15, -0.1) is 0 Å². The number of likely N-dealkylation sites (tertiary alicyclic amines) is 1. The maximum Gasteiger partial charge on any atom is 0.306 e. The Morgan fingerprint density at radius 3 is 2.61 bits per heavy atom. The van der Waals surface area contributed by atoms with Gasteiger partial charge in [0.2, 0.25) is 5.91 Å². The number of benzene rings is 1. The first-order chi connectivity index (χ1) is 15.2. The van der Waals surface area contributed by atoms with Gasteiger partial charge in [0.1, 0.15) is 11.9 Å². The largest absolute Gasteiger partial charge is 0.489 e. The number of nitrogens with zero attached hydrogens (tertiary/aromatic N) is 2. The van der Waals surface area contributed by atoms with E-state index in [1.807, 2.05) is 4.90 Å². The van der Waals surface area contributed by atoms with E-state index in [1.165, 1.54) is 36.9 Å². The van der Waals surface area contributed by atoms with E-state index in [0.29, 0.717) is 19.6 Å². The highest BCUT2D eigenvalue weighted by Crippen LogP contribution is 2.29. The molecule has 3 heterocycles. The minimum atomic E-state index is -0.254. The highest BCUT2D eigenvalue weighted by Gasteiger charge is 2.33. The van der Waals surface area contributed by atoms with Crippen molar-refractivity contribution in [3.8, 4) is 5.75 Å². The van der Waals surface area contributed by atoms with Gasteiger partial charge in [0.25, 0.3) is 0 Å². The molecule has 0 radical (unpaired) electrons. The summed E-state index contributed by atoms with van der Waals surface area (Å²) in [6.45, 7) is 4.04. The quantitative estimate of drug-likeness (QED) is 0.693. The van der Waals surface area contributed by atoms with E-state index < -0.39 is 0 Å². The van der Waals surface area contributed by atoms with E-state index in [0.717, 1.165) is 50.6 Å². The number of hydrogen-bond donors (Lipinski definition) is 0. The maximum atomic E-state index is 12.9. The second kappa shape index (κ2) is 9.19. The first kappa shape index (κ1) is 20.8. The van der Waals surface area contributed by atoms with Crippen LogP contribution in [0.3, 0.4) is 0 Å². The molecule has 1 amide bonds. The molecule has 1 aromatic rings. The number of ether oxygens (including phenoxy) is 2. The van der Waals surface area contributed by atoms with Gasteiger partial charge in [-0.05, 0) is 68.2 Å². The summed E-state index contributed by atoms with van der Waals surface area (Å²) in [6, 6.07) is 7.39. The lowest BCUT2D eigenvalue weighted by Crippen LogP contribution is -2.47. The summed E-state index contributed by atoms with van der Waals surface area (Å²) in [6.07, 6.45) is 9.10. The average molecular weight is 427 g/mol. The van der Waals surface area contributed by atoms with Crippen LogP contribution in [-0.2, 0) is 27.2 Å². The molecule has 4 aliphatic rings. The van der Waals surface area contributed by atoms with Crippen LogP contribution in [0, 0.1) is 5.92 Å². The number of amides is 1. The van der Waals surface area contributed by atoms with E-state index in [2.05, 4.69) is 23.1 Å². The molecule has 2 atom stereocenters. The van der Waals surface area contributed by atoms with Crippen LogP contribution in [0.15, 0.2) is 18.2 Å². The van der Waals surface area contributed by atoms with E-state index in [9.17, 15) is 9.59 Å². The fraction of sp³-hybridized carbons (Fsp3) is 0.680. The Morgan fingerprint density at radius 1 is 1.00 bits per heavy atom. The Hall–Kier alpha value is -2.08. The number of carbonyl (C=O) groups excluding carboxylic acids is 2. The highest BCUT2D eigenvalue weighted by atomic mass is 16.5. The van der Waals surface area contributed by atoms with Crippen molar-refractivity contribution in [2.75, 3.05) is 32.8 Å². The van der Waals surface area contributed by atoms with E-state index in [-0.39, 0.29) is 30.3 Å². The number of esters is 1. The van der Waals surface area contributed by atoms with Crippen LogP contribution in [0.4, 0.5) is 0 Å². The Bertz CT molecular complexity index is 822. The van der Waals surface area contributed by atoms with Gasteiger partial charge in [0, 0.05) is 25.7 Å². The summed E-state index contributed by atoms with van der Waals surface area (Å²) in [5.41, 5.74) is 2.88. The molecule has 0 spiro atoms. The molecule has 31 heavy (non-hydrogen) atoms. The normalized spacial score (nSPS) is 27.6. The molecule has 3 fully saturated rings. The van der Waals surface area contributed by atoms with Crippen LogP contribution in [-0.4, -0.2) is 66.6 Å². The van der Waals surface area contributed by atoms with Gasteiger partial charge in [-0.25, -0.2) is 0 Å². The fourth-order valence-electron chi connectivity index (χ4n) is 5.48. The maximum absolute atomic E-state index is 12.9. The first-order valence-corrected chi connectivity index (χ1v) is 12.1. The van der Waals surface area contributed by atoms with E-state index in [1.54, 1.807) is 0 Å². The van der Waals surface area contributed by atoms with Crippen LogP contribution >= 0.6 is 0 Å². The zero-order valence-electron chi connectivity index (χ0n) is 18.4. The molecule has 1 saturated carbocycles. The second-order valence-corrected chi connectivity index (χ2v) is 9.63. The predicted octanol–water partition coefficient (Wildman–Crippen LogP) is 2.96. The highest BCUT2D eigenvalue weighted by molar-refractivity contribution is 5.84. The summed E-state index contributed by atoms with van der Waals surface area (Å²) >= 11 is 0. The molecule has 6 heteroatoms. The van der Waals surface area contributed by atoms with Crippen LogP contribution in [0.5, 0.6) is 5.75 Å². The van der Waals surface area contributed by atoms with Crippen molar-refractivity contribution < 1.29 is 19.1 Å². The van der Waals surface area contributed by atoms with Gasteiger partial charge in [-0.2, -0.15) is 0 Å². The van der Waals surface area contributed by atoms with Crippen molar-refractivity contribution in [2.45, 2.75) is 69.9 Å². The molecule has 1 unspecified atom stereocenters. The number of hydrogen-bond acceptors (Lipinski definition) is 5. The van der Waals surface area contributed by atoms with Crippen LogP contribution in [0.2, 0.25) is 0 Å². The van der Waals surface area contributed by atoms with Crippen LogP contribution < -0.4 is 4.74 Å². The molecule has 1 aliphatic carbocycles. The minimum absolute atomic E-state index is 0.0172. The lowest BCUT2D eigenvalue weighted by Gasteiger charge is -2.36. The van der Waals surface area contributed by atoms with Crippen molar-refractivity contribution >= 4 is 11.9 Å². The molecule has 5 rings (SSSR count). The van der Waals surface area contributed by atoms with Gasteiger partial charge in [-0.1, -0.05) is 12.5 Å². The minimum Gasteiger partial charge on any atom is -0.489 e. The monoisotopic (exact) mass is 426 g/mol. The number of cyclic esters (lactones) is 1. The smallest absolute Gasteiger partial charge is 0.306 e. The molecule has 2 saturated heterocycles. The molecule has 0 bridgehead atoms. The lowest BCUT2D eigenvalue weighted by atomic mass is 9.91. The topological polar surface area (TPSA) is 59.1 Å². The molecular weight excluding hydrogens is 392 g/mol. The van der Waals surface area contributed by atoms with Gasteiger partial charge in [-0.3, -0.25) is 14.5 Å². The van der Waals surface area contributed by atoms with Crippen LogP contribution in [0.1, 0.15) is 56.1 Å². The molecule has 0 N–H and O–H groups in total. The molecule has 168 valence electrons. The van der Waals surface area contributed by atoms with E-state index >= 15 is 0 Å². The fourth-order valence-corrected chi connectivity index (χ4v) is 5.48. The Morgan fingerprint density at radius 2 is 1.84 bits per heavy atom. The molecule has 1 aromatic carbocycles. The molecule has 3 aliphatic heterocycles. The third-order valence-electron chi connectivity index (χ3n) is 7.59. The third kappa shape index (κ3) is 4.74. The average Bonchev–Trinajstić information content (AvgIpc) is 2.95. The first-order valence-electron chi connectivity index (χ1n) is 12.1. The third-order valence-corrected chi connectivity index (χ3v) is 7.59. The SMILES string of the molecule is O=C1CC(C(=O)N2CCC[C@H](Oc3ccc4c(c3)CCN(C3CCC3)CC4)C2)CCO1. The van der Waals surface area contributed by atoms with Gasteiger partial charge >= 0.3 is 5.97 Å². The summed E-state index contributed by atoms with van der Waals surface area (Å²) in [7, 11) is 0. The van der Waals surface area contributed by atoms with Crippen molar-refractivity contribution in [1.82, 2.24) is 9.80 Å². The second-order valence-electron chi connectivity index (χ2n) is 9.63. The lowest BCUT2D eigenvalue weighted by molar-refractivity contribution is -0.156. The number of piperidine rings is 1. The van der Waals surface area contributed by atoms with Gasteiger partial charge < -0.3 is 14.4 Å². The zero-order chi connectivity index (χ0) is 21.2. The summed E-state index contributed by atoms with van der Waals surface area (Å²) in [4.78, 5) is 29.0. The molecular formula is C25H34N2O4. The number of fused-ring (bicyclic) bond motifs is 1. The van der Waals surface area contributed by atoms with Crippen molar-refractivity contribution in [3.63, 3.8) is 0 Å². The Labute approximate surface area is 184 Å². The van der Waals surface area contributed by atoms with Crippen LogP contribution in [0.25, 0.3) is 0 Å². The zero-order valence-corrected chi connectivity index (χ0v) is 18.4. The number of rotatable bonds is 4. The van der Waals surface area contributed by atoms with Gasteiger partial charge in [0.15, 0.2) is 0 Å². The standard InChI is InChI=1S/C25H34N2O4/c28-24-16-20(10-14-30-24)25(29)27-11-2-5-23(17-27)31-22-7-6-18-8-12-26(21-3-1-4-21)13-9-19(18)15-22/h6-7,15,20-21,23H,1-5,8-14,16-17H2/t20?,23-/m0/s1. The summed E-state index contributed by atoms with van der Waals surface area (Å²) in [5.74, 6) is 0.528. The Balaban J connectivity index is 1.19. The Kier molecular flexibility index (Phi) is 6.17. The number of carbonyl (C=O) groups is 2. The molecule has 0 aromatic heterocycles. The summed E-state index contributed by atoms with van der Waals surface area (Å²) in [5, 5.41) is 0. The summed E-state index contributed by atoms with van der Waals surface area (Å²) < 4.78 is 11.4. The van der Waals surface area contributed by atoms with Crippen molar-refractivity contribution in [2.24, 2.45) is 5.92 Å². The molecule has 6 nitrogen and oxygen atoms in total. The van der Waals surface area contributed by atoms with Crippen molar-refractivity contribution in [1.29, 1.82) is 0 Å². The predicted molar refractivity (Wildman–Crippen MR) is 117 cm³/mol.